The summed E-state index contributed by atoms with van der Waals surface area (Å²) in [6.45, 7) is 4.45. The summed E-state index contributed by atoms with van der Waals surface area (Å²) in [6.07, 6.45) is 2.11. The number of nitrogens with one attached hydrogen (secondary N) is 2. The Morgan fingerprint density at radius 1 is 1.00 bits per heavy atom. The Labute approximate surface area is 206 Å². The number of carbonyl (C=O) groups excluding carboxylic acids is 2. The third-order valence-electron chi connectivity index (χ3n) is 7.17. The zero-order valence-corrected chi connectivity index (χ0v) is 20.3. The molecule has 1 saturated carbocycles. The second-order valence-corrected chi connectivity index (χ2v) is 10.0. The Morgan fingerprint density at radius 3 is 2.23 bits per heavy atom. The van der Waals surface area contributed by atoms with Crippen molar-refractivity contribution in [3.63, 3.8) is 0 Å². The third kappa shape index (κ3) is 5.66. The molecule has 3 atom stereocenters. The summed E-state index contributed by atoms with van der Waals surface area (Å²) in [4.78, 5) is 37.1. The SMILES string of the molecule is CC(C)CC(NC(=O)OCC1c2ccccc2-c2ccccc21)C(=O)NCC1CCCC1C(=O)O. The Hall–Kier alpha value is -3.35. The normalized spacial score (nSPS) is 19.6. The van der Waals surface area contributed by atoms with E-state index in [-0.39, 0.29) is 30.3 Å². The van der Waals surface area contributed by atoms with Crippen molar-refractivity contribution in [2.24, 2.45) is 17.8 Å². The summed E-state index contributed by atoms with van der Waals surface area (Å²) in [5.41, 5.74) is 4.56. The number of benzene rings is 2. The first-order chi connectivity index (χ1) is 16.8. The number of rotatable bonds is 9. The first-order valence-electron chi connectivity index (χ1n) is 12.5. The topological polar surface area (TPSA) is 105 Å². The molecular formula is C28H34N2O5. The molecule has 2 aromatic rings. The molecule has 3 unspecified atom stereocenters. The Morgan fingerprint density at radius 2 is 1.63 bits per heavy atom. The molecule has 2 amide bonds. The minimum absolute atomic E-state index is 0.0548. The molecule has 35 heavy (non-hydrogen) atoms. The van der Waals surface area contributed by atoms with Crippen LogP contribution in [0.5, 0.6) is 0 Å². The summed E-state index contributed by atoms with van der Waals surface area (Å²) in [5, 5.41) is 15.0. The number of aliphatic carboxylic acids is 1. The van der Waals surface area contributed by atoms with Gasteiger partial charge >= 0.3 is 12.1 Å². The Balaban J connectivity index is 1.36. The molecule has 0 saturated heterocycles. The molecule has 2 aliphatic rings. The van der Waals surface area contributed by atoms with E-state index in [1.807, 2.05) is 38.1 Å². The quantitative estimate of drug-likeness (QED) is 0.490. The van der Waals surface area contributed by atoms with Gasteiger partial charge in [0.25, 0.3) is 0 Å². The van der Waals surface area contributed by atoms with E-state index < -0.39 is 24.0 Å². The van der Waals surface area contributed by atoms with E-state index in [9.17, 15) is 19.5 Å². The highest BCUT2D eigenvalue weighted by molar-refractivity contribution is 5.86. The van der Waals surface area contributed by atoms with Crippen LogP contribution in [0.25, 0.3) is 11.1 Å². The number of carboxylic acids is 1. The molecule has 2 aliphatic carbocycles. The largest absolute Gasteiger partial charge is 0.481 e. The van der Waals surface area contributed by atoms with Crippen LogP contribution >= 0.6 is 0 Å². The van der Waals surface area contributed by atoms with Crippen molar-refractivity contribution in [3.05, 3.63) is 59.7 Å². The number of alkyl carbamates (subject to hydrolysis) is 1. The van der Waals surface area contributed by atoms with Gasteiger partial charge in [0, 0.05) is 12.5 Å². The van der Waals surface area contributed by atoms with Gasteiger partial charge in [-0.05, 0) is 53.4 Å². The van der Waals surface area contributed by atoms with Crippen molar-refractivity contribution in [3.8, 4) is 11.1 Å². The smallest absolute Gasteiger partial charge is 0.407 e. The molecule has 7 heteroatoms. The summed E-state index contributed by atoms with van der Waals surface area (Å²) < 4.78 is 5.62. The average molecular weight is 479 g/mol. The molecule has 7 nitrogen and oxygen atoms in total. The van der Waals surface area contributed by atoms with Gasteiger partial charge in [0.1, 0.15) is 12.6 Å². The van der Waals surface area contributed by atoms with Crippen LogP contribution < -0.4 is 10.6 Å². The minimum Gasteiger partial charge on any atom is -0.481 e. The molecule has 4 rings (SSSR count). The van der Waals surface area contributed by atoms with Gasteiger partial charge < -0.3 is 20.5 Å². The zero-order valence-electron chi connectivity index (χ0n) is 20.3. The number of hydrogen-bond donors (Lipinski definition) is 3. The van der Waals surface area contributed by atoms with Gasteiger partial charge in [0.15, 0.2) is 0 Å². The van der Waals surface area contributed by atoms with Crippen LogP contribution in [0.4, 0.5) is 4.79 Å². The lowest BCUT2D eigenvalue weighted by molar-refractivity contribution is -0.143. The second-order valence-electron chi connectivity index (χ2n) is 10.0. The Bertz CT molecular complexity index is 1040. The van der Waals surface area contributed by atoms with Crippen LogP contribution in [0.3, 0.4) is 0 Å². The summed E-state index contributed by atoms with van der Waals surface area (Å²) in [7, 11) is 0. The molecule has 0 spiro atoms. The predicted molar refractivity (Wildman–Crippen MR) is 133 cm³/mol. The van der Waals surface area contributed by atoms with Crippen LogP contribution in [0.2, 0.25) is 0 Å². The number of fused-ring (bicyclic) bond motifs is 3. The summed E-state index contributed by atoms with van der Waals surface area (Å²) in [6, 6.07) is 15.5. The fourth-order valence-electron chi connectivity index (χ4n) is 5.45. The van der Waals surface area contributed by atoms with Crippen molar-refractivity contribution in [2.45, 2.75) is 51.5 Å². The maximum Gasteiger partial charge on any atom is 0.407 e. The fraction of sp³-hybridized carbons (Fsp3) is 0.464. The van der Waals surface area contributed by atoms with Gasteiger partial charge in [-0.25, -0.2) is 4.79 Å². The van der Waals surface area contributed by atoms with Gasteiger partial charge in [-0.15, -0.1) is 0 Å². The van der Waals surface area contributed by atoms with Crippen molar-refractivity contribution in [1.82, 2.24) is 10.6 Å². The van der Waals surface area contributed by atoms with Crippen LogP contribution in [-0.4, -0.2) is 42.3 Å². The monoisotopic (exact) mass is 478 g/mol. The molecule has 0 radical (unpaired) electrons. The van der Waals surface area contributed by atoms with Crippen LogP contribution in [0.1, 0.15) is 56.6 Å². The lowest BCUT2D eigenvalue weighted by Gasteiger charge is -2.23. The maximum absolute atomic E-state index is 12.9. The van der Waals surface area contributed by atoms with E-state index in [0.29, 0.717) is 19.4 Å². The number of ether oxygens (including phenoxy) is 1. The lowest BCUT2D eigenvalue weighted by atomic mass is 9.96. The zero-order chi connectivity index (χ0) is 24.9. The lowest BCUT2D eigenvalue weighted by Crippen LogP contribution is -2.49. The summed E-state index contributed by atoms with van der Waals surface area (Å²) in [5.74, 6) is -1.49. The molecule has 0 heterocycles. The molecule has 0 aromatic heterocycles. The highest BCUT2D eigenvalue weighted by atomic mass is 16.5. The van der Waals surface area contributed by atoms with E-state index in [0.717, 1.165) is 35.1 Å². The highest BCUT2D eigenvalue weighted by Gasteiger charge is 2.34. The number of carboxylic acid groups (broad SMARTS) is 1. The predicted octanol–water partition coefficient (Wildman–Crippen LogP) is 4.56. The van der Waals surface area contributed by atoms with E-state index in [1.165, 1.54) is 0 Å². The minimum atomic E-state index is -0.808. The van der Waals surface area contributed by atoms with Crippen molar-refractivity contribution < 1.29 is 24.2 Å². The highest BCUT2D eigenvalue weighted by Crippen LogP contribution is 2.44. The van der Waals surface area contributed by atoms with Crippen LogP contribution in [0.15, 0.2) is 48.5 Å². The third-order valence-corrected chi connectivity index (χ3v) is 7.17. The molecule has 1 fully saturated rings. The van der Waals surface area contributed by atoms with Gasteiger partial charge in [-0.2, -0.15) is 0 Å². The number of amides is 2. The molecular weight excluding hydrogens is 444 g/mol. The van der Waals surface area contributed by atoms with E-state index in [2.05, 4.69) is 34.9 Å². The molecule has 2 aromatic carbocycles. The fourth-order valence-corrected chi connectivity index (χ4v) is 5.45. The molecule has 186 valence electrons. The van der Waals surface area contributed by atoms with E-state index >= 15 is 0 Å². The Kier molecular flexibility index (Phi) is 7.73. The van der Waals surface area contributed by atoms with Crippen LogP contribution in [-0.2, 0) is 14.3 Å². The number of hydrogen-bond acceptors (Lipinski definition) is 4. The first-order valence-corrected chi connectivity index (χ1v) is 12.5. The summed E-state index contributed by atoms with van der Waals surface area (Å²) >= 11 is 0. The van der Waals surface area contributed by atoms with E-state index in [1.54, 1.807) is 0 Å². The number of carbonyl (C=O) groups is 3. The van der Waals surface area contributed by atoms with Crippen LogP contribution in [0, 0.1) is 17.8 Å². The average Bonchev–Trinajstić information content (AvgIpc) is 3.43. The first kappa shape index (κ1) is 24.8. The van der Waals surface area contributed by atoms with Crippen molar-refractivity contribution in [2.75, 3.05) is 13.2 Å². The molecule has 3 N–H and O–H groups in total. The molecule has 0 bridgehead atoms. The van der Waals surface area contributed by atoms with Gasteiger partial charge in [0.05, 0.1) is 5.92 Å². The maximum atomic E-state index is 12.9. The standard InChI is InChI=1S/C28H34N2O5/c1-17(2)14-25(26(31)29-15-18-8-7-13-19(18)27(32)33)30-28(34)35-16-24-22-11-5-3-9-20(22)21-10-4-6-12-23(21)24/h3-6,9-12,17-19,24-25H,7-8,13-16H2,1-2H3,(H,29,31)(H,30,34)(H,32,33). The molecule has 0 aliphatic heterocycles. The van der Waals surface area contributed by atoms with Crippen molar-refractivity contribution >= 4 is 18.0 Å². The van der Waals surface area contributed by atoms with E-state index in [4.69, 9.17) is 4.74 Å². The van der Waals surface area contributed by atoms with Crippen molar-refractivity contribution in [1.29, 1.82) is 0 Å². The van der Waals surface area contributed by atoms with Gasteiger partial charge in [-0.3, -0.25) is 9.59 Å². The van der Waals surface area contributed by atoms with Gasteiger partial charge in [0.2, 0.25) is 5.91 Å². The second kappa shape index (κ2) is 10.9. The van der Waals surface area contributed by atoms with Gasteiger partial charge in [-0.1, -0.05) is 68.8 Å².